The summed E-state index contributed by atoms with van der Waals surface area (Å²) < 4.78 is 5.30. The van der Waals surface area contributed by atoms with Crippen molar-refractivity contribution in [3.8, 4) is 0 Å². The summed E-state index contributed by atoms with van der Waals surface area (Å²) in [6, 6.07) is 3.48. The number of carbonyl (C=O) groups excluding carboxylic acids is 3. The van der Waals surface area contributed by atoms with E-state index >= 15 is 0 Å². The monoisotopic (exact) mass is 481 g/mol. The molecule has 0 atom stereocenters. The van der Waals surface area contributed by atoms with Gasteiger partial charge in [0.2, 0.25) is 0 Å². The number of hydrogen-bond acceptors (Lipinski definition) is 7. The number of anilines is 1. The van der Waals surface area contributed by atoms with E-state index in [1.807, 2.05) is 13.8 Å². The molecule has 2 aromatic rings. The van der Waals surface area contributed by atoms with Crippen LogP contribution < -0.4 is 5.32 Å². The van der Waals surface area contributed by atoms with Crippen LogP contribution in [-0.4, -0.2) is 46.8 Å². The molecule has 1 heterocycles. The number of nitro benzene ring substituents is 1. The van der Waals surface area contributed by atoms with Crippen molar-refractivity contribution < 1.29 is 24.0 Å². The van der Waals surface area contributed by atoms with Crippen molar-refractivity contribution in [1.29, 1.82) is 0 Å². The van der Waals surface area contributed by atoms with E-state index in [9.17, 15) is 24.5 Å². The molecule has 0 radical (unpaired) electrons. The predicted octanol–water partition coefficient (Wildman–Crippen LogP) is 4.92. The van der Waals surface area contributed by atoms with E-state index in [0.29, 0.717) is 23.5 Å². The molecule has 0 aliphatic heterocycles. The van der Waals surface area contributed by atoms with Crippen LogP contribution in [-0.2, 0) is 4.74 Å². The number of nitrogens with zero attached hydrogens (tertiary/aromatic N) is 2. The van der Waals surface area contributed by atoms with Gasteiger partial charge in [-0.15, -0.1) is 11.3 Å². The zero-order valence-corrected chi connectivity index (χ0v) is 19.9. The normalized spacial score (nSPS) is 10.7. The molecule has 0 saturated carbocycles. The van der Waals surface area contributed by atoms with Gasteiger partial charge in [0.05, 0.1) is 32.1 Å². The number of nitro groups is 1. The van der Waals surface area contributed by atoms with Crippen molar-refractivity contribution in [1.82, 2.24) is 4.90 Å². The summed E-state index contributed by atoms with van der Waals surface area (Å²) in [6.45, 7) is 9.61. The largest absolute Gasteiger partial charge is 0.459 e. The predicted molar refractivity (Wildman–Crippen MR) is 123 cm³/mol. The van der Waals surface area contributed by atoms with Gasteiger partial charge in [-0.2, -0.15) is 0 Å². The van der Waals surface area contributed by atoms with Crippen LogP contribution in [0.4, 0.5) is 10.7 Å². The van der Waals surface area contributed by atoms with Gasteiger partial charge in [-0.1, -0.05) is 11.6 Å². The molecule has 9 nitrogen and oxygen atoms in total. The molecule has 2 rings (SSSR count). The maximum absolute atomic E-state index is 12.9. The number of hydrogen-bond donors (Lipinski definition) is 1. The van der Waals surface area contributed by atoms with Crippen LogP contribution in [0.15, 0.2) is 18.2 Å². The number of thiophene rings is 1. The van der Waals surface area contributed by atoms with Crippen LogP contribution in [0.25, 0.3) is 0 Å². The number of nitrogens with one attached hydrogen (secondary N) is 1. The molecule has 0 unspecified atom stereocenters. The Morgan fingerprint density at radius 1 is 1.25 bits per heavy atom. The Bertz CT molecular complexity index is 1060. The lowest BCUT2D eigenvalue weighted by Crippen LogP contribution is -2.30. The number of rotatable bonds is 8. The van der Waals surface area contributed by atoms with E-state index in [1.54, 1.807) is 25.7 Å². The first-order valence-electron chi connectivity index (χ1n) is 9.90. The molecule has 172 valence electrons. The summed E-state index contributed by atoms with van der Waals surface area (Å²) in [5, 5.41) is 13.8. The summed E-state index contributed by atoms with van der Waals surface area (Å²) in [7, 11) is 0. The Morgan fingerprint density at radius 2 is 1.88 bits per heavy atom. The summed E-state index contributed by atoms with van der Waals surface area (Å²) in [6.07, 6.45) is -0.418. The lowest BCUT2D eigenvalue weighted by Gasteiger charge is -2.18. The fraction of sp³-hybridized carbons (Fsp3) is 0.381. The third-order valence-electron chi connectivity index (χ3n) is 4.57. The van der Waals surface area contributed by atoms with Crippen molar-refractivity contribution in [2.45, 2.75) is 40.7 Å². The second-order valence-electron chi connectivity index (χ2n) is 7.07. The summed E-state index contributed by atoms with van der Waals surface area (Å²) >= 11 is 7.01. The maximum Gasteiger partial charge on any atom is 0.341 e. The third-order valence-corrected chi connectivity index (χ3v) is 6.10. The average Bonchev–Trinajstić information content (AvgIpc) is 3.04. The molecule has 1 aromatic heterocycles. The number of halogens is 1. The van der Waals surface area contributed by atoms with Crippen molar-refractivity contribution in [3.05, 3.63) is 54.9 Å². The molecule has 0 aliphatic rings. The van der Waals surface area contributed by atoms with Gasteiger partial charge in [0, 0.05) is 25.2 Å². The second-order valence-corrected chi connectivity index (χ2v) is 8.50. The Hall–Kier alpha value is -2.98. The Kier molecular flexibility index (Phi) is 8.34. The summed E-state index contributed by atoms with van der Waals surface area (Å²) in [5.41, 5.74) is 0.0116. The van der Waals surface area contributed by atoms with E-state index in [4.69, 9.17) is 16.3 Å². The van der Waals surface area contributed by atoms with Gasteiger partial charge in [-0.3, -0.25) is 19.7 Å². The van der Waals surface area contributed by atoms with Crippen LogP contribution in [0.5, 0.6) is 0 Å². The summed E-state index contributed by atoms with van der Waals surface area (Å²) in [5.74, 6) is -1.71. The van der Waals surface area contributed by atoms with Gasteiger partial charge in [0.1, 0.15) is 5.00 Å². The highest BCUT2D eigenvalue weighted by Crippen LogP contribution is 2.35. The minimum absolute atomic E-state index is 0.00660. The molecule has 1 N–H and O–H groups in total. The van der Waals surface area contributed by atoms with Gasteiger partial charge in [0.15, 0.2) is 0 Å². The van der Waals surface area contributed by atoms with E-state index in [2.05, 4.69) is 5.32 Å². The molecule has 1 aromatic carbocycles. The second kappa shape index (κ2) is 10.6. The number of benzene rings is 1. The van der Waals surface area contributed by atoms with Crippen LogP contribution in [0, 0.1) is 17.0 Å². The van der Waals surface area contributed by atoms with E-state index in [1.165, 1.54) is 12.1 Å². The fourth-order valence-electron chi connectivity index (χ4n) is 2.95. The van der Waals surface area contributed by atoms with Gasteiger partial charge >= 0.3 is 5.97 Å². The first kappa shape index (κ1) is 25.3. The minimum Gasteiger partial charge on any atom is -0.459 e. The number of carbonyl (C=O) groups is 3. The first-order chi connectivity index (χ1) is 15.0. The minimum atomic E-state index is -0.750. The first-order valence-corrected chi connectivity index (χ1v) is 11.1. The molecule has 0 aliphatic carbocycles. The molecule has 0 bridgehead atoms. The van der Waals surface area contributed by atoms with E-state index < -0.39 is 22.9 Å². The highest BCUT2D eigenvalue weighted by Gasteiger charge is 2.29. The highest BCUT2D eigenvalue weighted by atomic mass is 35.5. The van der Waals surface area contributed by atoms with Gasteiger partial charge in [0.25, 0.3) is 17.5 Å². The Morgan fingerprint density at radius 3 is 2.41 bits per heavy atom. The van der Waals surface area contributed by atoms with E-state index in [0.717, 1.165) is 17.4 Å². The third kappa shape index (κ3) is 5.43. The van der Waals surface area contributed by atoms with Gasteiger partial charge in [-0.05, 0) is 46.2 Å². The highest BCUT2D eigenvalue weighted by molar-refractivity contribution is 7.18. The molecule has 2 amide bonds. The van der Waals surface area contributed by atoms with Crippen LogP contribution in [0.3, 0.4) is 0 Å². The molecular formula is C21H24ClN3O6S. The van der Waals surface area contributed by atoms with Gasteiger partial charge < -0.3 is 15.0 Å². The Balaban J connectivity index is 2.54. The van der Waals surface area contributed by atoms with Crippen LogP contribution >= 0.6 is 22.9 Å². The quantitative estimate of drug-likeness (QED) is 0.325. The molecule has 0 spiro atoms. The van der Waals surface area contributed by atoms with Crippen molar-refractivity contribution in [3.63, 3.8) is 0 Å². The van der Waals surface area contributed by atoms with E-state index in [-0.39, 0.29) is 32.7 Å². The smallest absolute Gasteiger partial charge is 0.341 e. The average molecular weight is 482 g/mol. The number of esters is 1. The Labute approximate surface area is 194 Å². The van der Waals surface area contributed by atoms with Crippen LogP contribution in [0.2, 0.25) is 5.02 Å². The molecule has 0 fully saturated rings. The number of ether oxygens (including phenoxy) is 1. The van der Waals surface area contributed by atoms with Crippen molar-refractivity contribution in [2.75, 3.05) is 18.4 Å². The molecule has 11 heteroatoms. The summed E-state index contributed by atoms with van der Waals surface area (Å²) in [4.78, 5) is 50.9. The lowest BCUT2D eigenvalue weighted by molar-refractivity contribution is -0.384. The topological polar surface area (TPSA) is 119 Å². The zero-order chi connectivity index (χ0) is 24.2. The lowest BCUT2D eigenvalue weighted by atomic mass is 10.1. The molecular weight excluding hydrogens is 458 g/mol. The number of non-ortho nitro benzene ring substituents is 1. The van der Waals surface area contributed by atoms with Gasteiger partial charge in [-0.25, -0.2) is 4.79 Å². The molecule has 0 saturated heterocycles. The maximum atomic E-state index is 12.9. The zero-order valence-electron chi connectivity index (χ0n) is 18.4. The number of amides is 2. The molecule has 32 heavy (non-hydrogen) atoms. The fourth-order valence-corrected chi connectivity index (χ4v) is 4.31. The van der Waals surface area contributed by atoms with Crippen molar-refractivity contribution in [2.24, 2.45) is 0 Å². The SMILES string of the molecule is CCN(CC)C(=O)c1sc(NC(=O)c2cc([N+](=O)[O-])ccc2Cl)c(C(=O)OC(C)C)c1C. The standard InChI is InChI=1S/C21H24ClN3O6S/c1-6-24(7-2)20(27)17-12(5)16(21(28)31-11(3)4)19(32-17)23-18(26)14-10-13(25(29)30)8-9-15(14)22/h8-11H,6-7H2,1-5H3,(H,23,26). The van der Waals surface area contributed by atoms with Crippen LogP contribution in [0.1, 0.15) is 63.6 Å². The van der Waals surface area contributed by atoms with Crippen molar-refractivity contribution >= 4 is 51.4 Å².